The van der Waals surface area contributed by atoms with Gasteiger partial charge < -0.3 is 23.7 Å². The number of hydrogen-bond donors (Lipinski definition) is 2. The Morgan fingerprint density at radius 1 is 1.14 bits per heavy atom. The summed E-state index contributed by atoms with van der Waals surface area (Å²) in [5, 5.41) is 18.4. The molecule has 1 aromatic heterocycles. The number of aliphatic hydroxyl groups excluding tert-OH is 1. The minimum atomic E-state index is -3.48. The second-order valence-corrected chi connectivity index (χ2v) is 6.23. The van der Waals surface area contributed by atoms with E-state index in [0.29, 0.717) is 5.56 Å². The summed E-state index contributed by atoms with van der Waals surface area (Å²) in [6.07, 6.45) is 2.68. The number of aliphatic hydroxyl groups is 1. The Labute approximate surface area is 129 Å². The fourth-order valence-corrected chi connectivity index (χ4v) is 3.22. The van der Waals surface area contributed by atoms with Gasteiger partial charge in [0.1, 0.15) is 6.26 Å². The third-order valence-electron chi connectivity index (χ3n) is 2.52. The van der Waals surface area contributed by atoms with Gasteiger partial charge in [-0.15, -0.1) is 0 Å². The molecule has 0 saturated carbocycles. The highest BCUT2D eigenvalue weighted by molar-refractivity contribution is 7.54. The van der Waals surface area contributed by atoms with Crippen LogP contribution in [0.3, 0.4) is 0 Å². The van der Waals surface area contributed by atoms with Crippen LogP contribution in [0.5, 0.6) is 5.75 Å². The number of aromatic hydroxyl groups is 1. The largest absolute Gasteiger partial charge is 0.505 e. The van der Waals surface area contributed by atoms with Gasteiger partial charge in [-0.25, -0.2) is 0 Å². The summed E-state index contributed by atoms with van der Waals surface area (Å²) in [7, 11) is -3.48. The van der Waals surface area contributed by atoms with Crippen molar-refractivity contribution < 1.29 is 28.2 Å². The maximum absolute atomic E-state index is 12.2. The molecule has 0 radical (unpaired) electrons. The molecule has 1 aromatic carbocycles. The van der Waals surface area contributed by atoms with Crippen LogP contribution in [-0.4, -0.2) is 23.4 Å². The first-order valence-electron chi connectivity index (χ1n) is 6.86. The smallest absolute Gasteiger partial charge is 0.363 e. The van der Waals surface area contributed by atoms with Crippen LogP contribution in [0.2, 0.25) is 0 Å². The highest BCUT2D eigenvalue weighted by Gasteiger charge is 2.35. The molecule has 2 N–H and O–H groups in total. The molecular weight excluding hydrogens is 307 g/mol. The third kappa shape index (κ3) is 5.66. The lowest BCUT2D eigenvalue weighted by Gasteiger charge is -2.22. The van der Waals surface area contributed by atoms with Gasteiger partial charge in [-0.3, -0.25) is 4.57 Å². The van der Waals surface area contributed by atoms with Crippen molar-refractivity contribution in [1.82, 2.24) is 0 Å². The van der Waals surface area contributed by atoms with Crippen LogP contribution in [0.1, 0.15) is 25.3 Å². The second-order valence-electron chi connectivity index (χ2n) is 4.14. The quantitative estimate of drug-likeness (QED) is 0.781. The molecule has 0 aliphatic rings. The topological polar surface area (TPSA) is 89.1 Å². The van der Waals surface area contributed by atoms with E-state index in [2.05, 4.69) is 4.42 Å². The van der Waals surface area contributed by atoms with E-state index in [4.69, 9.17) is 14.2 Å². The Morgan fingerprint density at radius 2 is 1.73 bits per heavy atom. The number of hydrogen-bond acceptors (Lipinski definition) is 6. The van der Waals surface area contributed by atoms with Gasteiger partial charge in [0, 0.05) is 6.07 Å². The molecule has 1 atom stereocenters. The van der Waals surface area contributed by atoms with Crippen molar-refractivity contribution in [3.05, 3.63) is 54.5 Å². The van der Waals surface area contributed by atoms with Crippen molar-refractivity contribution in [3.8, 4) is 5.75 Å². The maximum Gasteiger partial charge on any atom is 0.363 e. The number of furan rings is 1. The molecule has 0 saturated heterocycles. The highest BCUT2D eigenvalue weighted by Crippen LogP contribution is 2.59. The van der Waals surface area contributed by atoms with E-state index >= 15 is 0 Å². The summed E-state index contributed by atoms with van der Waals surface area (Å²) in [6, 6.07) is 10.2. The monoisotopic (exact) mass is 328 g/mol. The van der Waals surface area contributed by atoms with E-state index in [1.807, 2.05) is 6.07 Å². The summed E-state index contributed by atoms with van der Waals surface area (Å²) >= 11 is 0. The molecule has 1 unspecified atom stereocenters. The molecule has 122 valence electrons. The van der Waals surface area contributed by atoms with Gasteiger partial charge in [0.05, 0.1) is 19.5 Å². The minimum Gasteiger partial charge on any atom is -0.505 e. The molecule has 6 nitrogen and oxygen atoms in total. The van der Waals surface area contributed by atoms with Gasteiger partial charge in [-0.2, -0.15) is 0 Å². The molecule has 0 amide bonds. The first-order chi connectivity index (χ1) is 10.5. The predicted octanol–water partition coefficient (Wildman–Crippen LogP) is 3.93. The fraction of sp³-hybridized carbons (Fsp3) is 0.333. The van der Waals surface area contributed by atoms with Crippen molar-refractivity contribution >= 4 is 7.60 Å². The Bertz CT molecular complexity index is 545. The summed E-state index contributed by atoms with van der Waals surface area (Å²) in [6.45, 7) is 3.90. The molecule has 0 aliphatic carbocycles. The second kappa shape index (κ2) is 9.43. The molecule has 1 heterocycles. The van der Waals surface area contributed by atoms with Crippen LogP contribution in [0.4, 0.5) is 0 Å². The first kappa shape index (κ1) is 18.5. The van der Waals surface area contributed by atoms with Crippen molar-refractivity contribution in [1.29, 1.82) is 0 Å². The maximum atomic E-state index is 12.2. The lowest BCUT2D eigenvalue weighted by Crippen LogP contribution is -2.05. The van der Waals surface area contributed by atoms with E-state index in [9.17, 15) is 9.67 Å². The van der Waals surface area contributed by atoms with Crippen molar-refractivity contribution in [3.63, 3.8) is 0 Å². The molecule has 2 rings (SSSR count). The van der Waals surface area contributed by atoms with Gasteiger partial charge in [-0.1, -0.05) is 30.3 Å². The summed E-state index contributed by atoms with van der Waals surface area (Å²) < 4.78 is 26.8. The van der Waals surface area contributed by atoms with E-state index < -0.39 is 13.4 Å². The van der Waals surface area contributed by atoms with Gasteiger partial charge in [0.2, 0.25) is 0 Å². The first-order valence-corrected chi connectivity index (χ1v) is 8.47. The molecule has 0 aliphatic heterocycles. The van der Waals surface area contributed by atoms with Crippen LogP contribution in [0, 0.1) is 0 Å². The Morgan fingerprint density at radius 3 is 2.09 bits per heavy atom. The lowest BCUT2D eigenvalue weighted by molar-refractivity contribution is 0.150. The zero-order chi connectivity index (χ0) is 16.4. The van der Waals surface area contributed by atoms with Crippen molar-refractivity contribution in [2.45, 2.75) is 19.7 Å². The molecule has 7 heteroatoms. The van der Waals surface area contributed by atoms with Crippen LogP contribution >= 0.6 is 7.60 Å². The zero-order valence-corrected chi connectivity index (χ0v) is 13.5. The Kier molecular flexibility index (Phi) is 7.91. The third-order valence-corrected chi connectivity index (χ3v) is 4.65. The van der Waals surface area contributed by atoms with Crippen LogP contribution < -0.4 is 0 Å². The fourth-order valence-electron chi connectivity index (χ4n) is 1.60. The molecule has 0 bridgehead atoms. The van der Waals surface area contributed by atoms with Crippen LogP contribution in [0.25, 0.3) is 0 Å². The van der Waals surface area contributed by atoms with E-state index in [0.717, 1.165) is 0 Å². The molecular formula is C15H21O6P. The molecule has 2 aromatic rings. The Balaban J connectivity index is 0.000000335. The SMILES string of the molecule is CCOP(=O)(OCC)C(O)c1ccccc1.Oc1ccoc1. The normalized spacial score (nSPS) is 12.3. The van der Waals surface area contributed by atoms with Gasteiger partial charge >= 0.3 is 7.60 Å². The molecule has 0 spiro atoms. The zero-order valence-electron chi connectivity index (χ0n) is 12.6. The average molecular weight is 328 g/mol. The summed E-state index contributed by atoms with van der Waals surface area (Å²) in [5.41, 5.74) is 0.535. The lowest BCUT2D eigenvalue weighted by atomic mass is 10.2. The van der Waals surface area contributed by atoms with Crippen LogP contribution in [-0.2, 0) is 13.6 Å². The number of benzene rings is 1. The van der Waals surface area contributed by atoms with E-state index in [-0.39, 0.29) is 19.0 Å². The van der Waals surface area contributed by atoms with Crippen molar-refractivity contribution in [2.24, 2.45) is 0 Å². The predicted molar refractivity (Wildman–Crippen MR) is 82.6 cm³/mol. The van der Waals surface area contributed by atoms with E-state index in [1.165, 1.54) is 18.6 Å². The average Bonchev–Trinajstić information content (AvgIpc) is 2.99. The summed E-state index contributed by atoms with van der Waals surface area (Å²) in [4.78, 5) is 0. The Hall–Kier alpha value is -1.59. The minimum absolute atomic E-state index is 0.176. The van der Waals surface area contributed by atoms with Gasteiger partial charge in [-0.05, 0) is 19.4 Å². The molecule has 22 heavy (non-hydrogen) atoms. The highest BCUT2D eigenvalue weighted by atomic mass is 31.2. The number of rotatable bonds is 6. The van der Waals surface area contributed by atoms with Gasteiger partial charge in [0.25, 0.3) is 0 Å². The summed E-state index contributed by atoms with van der Waals surface area (Å²) in [5.74, 6) is -1.05. The molecule has 0 fully saturated rings. The van der Waals surface area contributed by atoms with E-state index in [1.54, 1.807) is 38.1 Å². The van der Waals surface area contributed by atoms with Crippen LogP contribution in [0.15, 0.2) is 53.3 Å². The standard InChI is InChI=1S/C11H17O4P.C4H4O2/c1-3-14-16(13,15-4-2)11(12)10-8-6-5-7-9-10;5-4-1-2-6-3-4/h5-9,11-12H,3-4H2,1-2H3;1-3,5H. The van der Waals surface area contributed by atoms with Gasteiger partial charge in [0.15, 0.2) is 11.6 Å². The van der Waals surface area contributed by atoms with Crippen molar-refractivity contribution in [2.75, 3.05) is 13.2 Å².